The van der Waals surface area contributed by atoms with Gasteiger partial charge < -0.3 is 11.1 Å². The molecule has 1 heterocycles. The third kappa shape index (κ3) is 4.28. The Morgan fingerprint density at radius 2 is 1.75 bits per heavy atom. The highest BCUT2D eigenvalue weighted by atomic mass is 32.2. The summed E-state index contributed by atoms with van der Waals surface area (Å²) in [6, 6.07) is 18.8. The lowest BCUT2D eigenvalue weighted by Crippen LogP contribution is -2.15. The Hall–Kier alpha value is -4.28. The molecule has 3 aromatic carbocycles. The number of rotatable bonds is 5. The Morgan fingerprint density at radius 1 is 1.00 bits per heavy atom. The van der Waals surface area contributed by atoms with E-state index in [9.17, 15) is 18.0 Å². The zero-order valence-electron chi connectivity index (χ0n) is 19.4. The van der Waals surface area contributed by atoms with Crippen LogP contribution in [0, 0.1) is 6.92 Å². The quantitative estimate of drug-likeness (QED) is 0.384. The summed E-state index contributed by atoms with van der Waals surface area (Å²) in [6.45, 7) is 1.92. The molecule has 9 nitrogen and oxygen atoms in total. The van der Waals surface area contributed by atoms with Gasteiger partial charge in [0.15, 0.2) is 5.69 Å². The average Bonchev–Trinajstić information content (AvgIpc) is 3.24. The van der Waals surface area contributed by atoms with E-state index in [0.29, 0.717) is 41.0 Å². The van der Waals surface area contributed by atoms with Crippen LogP contribution < -0.4 is 16.2 Å². The van der Waals surface area contributed by atoms with Gasteiger partial charge in [-0.05, 0) is 73.9 Å². The van der Waals surface area contributed by atoms with Crippen molar-refractivity contribution in [1.82, 2.24) is 9.78 Å². The molecule has 2 amide bonds. The number of nitrogens with zero attached hydrogens (tertiary/aromatic N) is 2. The van der Waals surface area contributed by atoms with Crippen molar-refractivity contribution in [3.63, 3.8) is 0 Å². The topological polar surface area (TPSA) is 150 Å². The summed E-state index contributed by atoms with van der Waals surface area (Å²) in [7, 11) is -3.86. The zero-order valence-corrected chi connectivity index (χ0v) is 20.2. The van der Waals surface area contributed by atoms with Gasteiger partial charge in [-0.3, -0.25) is 9.59 Å². The van der Waals surface area contributed by atoms with Gasteiger partial charge in [0, 0.05) is 22.4 Å². The predicted octanol–water partition coefficient (Wildman–Crippen LogP) is 2.94. The molecule has 0 bridgehead atoms. The van der Waals surface area contributed by atoms with Crippen molar-refractivity contribution >= 4 is 27.5 Å². The third-order valence-electron chi connectivity index (χ3n) is 6.17. The zero-order chi connectivity index (χ0) is 25.6. The molecule has 0 saturated heterocycles. The van der Waals surface area contributed by atoms with Crippen molar-refractivity contribution in [1.29, 1.82) is 0 Å². The SMILES string of the molecule is Cc1cccc(C(=O)Nc2ccc3c(c2)-c2c(c(C(N)=O)nn2-c2ccc(S(N)(=O)=O)cc2)CC3)c1. The van der Waals surface area contributed by atoms with Crippen LogP contribution in [0.1, 0.15) is 37.5 Å². The van der Waals surface area contributed by atoms with E-state index in [1.807, 2.05) is 43.3 Å². The van der Waals surface area contributed by atoms with E-state index in [1.165, 1.54) is 12.1 Å². The van der Waals surface area contributed by atoms with E-state index in [1.54, 1.807) is 22.9 Å². The number of carbonyl (C=O) groups is 2. The summed E-state index contributed by atoms with van der Waals surface area (Å²) >= 11 is 0. The molecule has 5 rings (SSSR count). The normalized spacial score (nSPS) is 12.5. The van der Waals surface area contributed by atoms with E-state index < -0.39 is 15.9 Å². The molecular weight excluding hydrogens is 478 g/mol. The molecule has 0 aliphatic heterocycles. The molecule has 36 heavy (non-hydrogen) atoms. The van der Waals surface area contributed by atoms with Gasteiger partial charge in [0.05, 0.1) is 16.3 Å². The highest BCUT2D eigenvalue weighted by molar-refractivity contribution is 7.89. The molecule has 5 N–H and O–H groups in total. The van der Waals surface area contributed by atoms with E-state index in [2.05, 4.69) is 10.4 Å². The second kappa shape index (κ2) is 8.74. The second-order valence-electron chi connectivity index (χ2n) is 8.69. The van der Waals surface area contributed by atoms with E-state index in [0.717, 1.165) is 16.7 Å². The maximum absolute atomic E-state index is 12.8. The maximum atomic E-state index is 12.8. The summed E-state index contributed by atoms with van der Waals surface area (Å²) in [5.41, 5.74) is 11.6. The van der Waals surface area contributed by atoms with Gasteiger partial charge in [0.1, 0.15) is 0 Å². The minimum atomic E-state index is -3.86. The number of fused-ring (bicyclic) bond motifs is 3. The van der Waals surface area contributed by atoms with Crippen molar-refractivity contribution in [3.05, 3.63) is 94.7 Å². The number of hydrogen-bond acceptors (Lipinski definition) is 5. The molecule has 0 fully saturated rings. The van der Waals surface area contributed by atoms with Gasteiger partial charge in [-0.2, -0.15) is 5.10 Å². The lowest BCUT2D eigenvalue weighted by molar-refractivity contribution is 0.0992. The monoisotopic (exact) mass is 501 g/mol. The Kier molecular flexibility index (Phi) is 5.70. The molecule has 4 aromatic rings. The first-order chi connectivity index (χ1) is 17.1. The Labute approximate surface area is 207 Å². The minimum absolute atomic E-state index is 0.0380. The van der Waals surface area contributed by atoms with Crippen molar-refractivity contribution in [2.45, 2.75) is 24.7 Å². The smallest absolute Gasteiger partial charge is 0.269 e. The summed E-state index contributed by atoms with van der Waals surface area (Å²) in [6.07, 6.45) is 1.23. The van der Waals surface area contributed by atoms with Gasteiger partial charge in [0.25, 0.3) is 11.8 Å². The molecule has 10 heteroatoms. The molecular formula is C26H23N5O4S. The van der Waals surface area contributed by atoms with Crippen LogP contribution in [0.3, 0.4) is 0 Å². The van der Waals surface area contributed by atoms with Crippen LogP contribution in [-0.4, -0.2) is 30.0 Å². The molecule has 1 aliphatic rings. The molecule has 182 valence electrons. The van der Waals surface area contributed by atoms with Crippen LogP contribution in [0.2, 0.25) is 0 Å². The van der Waals surface area contributed by atoms with Gasteiger partial charge in [0.2, 0.25) is 10.0 Å². The van der Waals surface area contributed by atoms with Crippen LogP contribution in [0.4, 0.5) is 5.69 Å². The first kappa shape index (κ1) is 23.5. The standard InChI is InChI=1S/C26H23N5O4S/c1-15-3-2-4-17(13-15)26(33)29-18-7-5-16-6-12-21-23(25(27)32)30-31(24(21)22(16)14-18)19-8-10-20(11-9-19)36(28,34)35/h2-5,7-11,13-14H,6,12H2,1H3,(H2,27,32)(H,29,33)(H2,28,34,35). The minimum Gasteiger partial charge on any atom is -0.364 e. The van der Waals surface area contributed by atoms with E-state index in [-0.39, 0.29) is 16.5 Å². The Morgan fingerprint density at radius 3 is 2.42 bits per heavy atom. The fourth-order valence-corrected chi connectivity index (χ4v) is 4.98. The number of anilines is 1. The molecule has 1 aromatic heterocycles. The van der Waals surface area contributed by atoms with E-state index in [4.69, 9.17) is 10.9 Å². The average molecular weight is 502 g/mol. The van der Waals surface area contributed by atoms with Crippen LogP contribution in [0.5, 0.6) is 0 Å². The molecule has 0 spiro atoms. The lowest BCUT2D eigenvalue weighted by atomic mass is 9.88. The Bertz CT molecular complexity index is 1640. The van der Waals surface area contributed by atoms with Crippen molar-refractivity contribution < 1.29 is 18.0 Å². The number of carbonyl (C=O) groups excluding carboxylic acids is 2. The summed E-state index contributed by atoms with van der Waals surface area (Å²) in [5.74, 6) is -0.891. The van der Waals surface area contributed by atoms with Crippen LogP contribution in [0.15, 0.2) is 71.6 Å². The number of benzene rings is 3. The summed E-state index contributed by atoms with van der Waals surface area (Å²) in [5, 5.41) is 12.6. The fraction of sp³-hybridized carbons (Fsp3) is 0.115. The van der Waals surface area contributed by atoms with Crippen LogP contribution >= 0.6 is 0 Å². The van der Waals surface area contributed by atoms with Gasteiger partial charge >= 0.3 is 0 Å². The number of primary sulfonamides is 1. The van der Waals surface area contributed by atoms with Crippen molar-refractivity contribution in [2.24, 2.45) is 10.9 Å². The number of hydrogen-bond donors (Lipinski definition) is 3. The first-order valence-corrected chi connectivity index (χ1v) is 12.7. The number of nitrogens with one attached hydrogen (secondary N) is 1. The van der Waals surface area contributed by atoms with Crippen molar-refractivity contribution in [2.75, 3.05) is 5.32 Å². The summed E-state index contributed by atoms with van der Waals surface area (Å²) in [4.78, 5) is 25.0. The highest BCUT2D eigenvalue weighted by Gasteiger charge is 2.28. The number of aromatic nitrogens is 2. The summed E-state index contributed by atoms with van der Waals surface area (Å²) < 4.78 is 24.9. The number of nitrogens with two attached hydrogens (primary N) is 2. The number of sulfonamides is 1. The van der Waals surface area contributed by atoms with Gasteiger partial charge in [-0.15, -0.1) is 0 Å². The van der Waals surface area contributed by atoms with E-state index >= 15 is 0 Å². The Balaban J connectivity index is 1.60. The largest absolute Gasteiger partial charge is 0.364 e. The molecule has 1 aliphatic carbocycles. The third-order valence-corrected chi connectivity index (χ3v) is 7.10. The van der Waals surface area contributed by atoms with Gasteiger partial charge in [-0.1, -0.05) is 23.8 Å². The number of primary amides is 1. The molecule has 0 saturated carbocycles. The molecule has 0 unspecified atom stereocenters. The van der Waals surface area contributed by atoms with Crippen LogP contribution in [-0.2, 0) is 22.9 Å². The second-order valence-corrected chi connectivity index (χ2v) is 10.2. The number of amides is 2. The first-order valence-electron chi connectivity index (χ1n) is 11.2. The van der Waals surface area contributed by atoms with Crippen LogP contribution in [0.25, 0.3) is 16.9 Å². The number of aryl methyl sites for hydroxylation is 2. The van der Waals surface area contributed by atoms with Gasteiger partial charge in [-0.25, -0.2) is 18.2 Å². The van der Waals surface area contributed by atoms with Crippen molar-refractivity contribution in [3.8, 4) is 16.9 Å². The maximum Gasteiger partial charge on any atom is 0.269 e. The lowest BCUT2D eigenvalue weighted by Gasteiger charge is -2.20. The highest BCUT2D eigenvalue weighted by Crippen LogP contribution is 2.38. The fourth-order valence-electron chi connectivity index (χ4n) is 4.47. The molecule has 0 radical (unpaired) electrons. The predicted molar refractivity (Wildman–Crippen MR) is 135 cm³/mol. The molecule has 0 atom stereocenters.